The van der Waals surface area contributed by atoms with E-state index in [1.54, 1.807) is 52.0 Å². The molecule has 4 N–H and O–H groups in total. The van der Waals surface area contributed by atoms with E-state index in [0.717, 1.165) is 32.1 Å². The van der Waals surface area contributed by atoms with Gasteiger partial charge in [0.05, 0.1) is 0 Å². The van der Waals surface area contributed by atoms with Gasteiger partial charge in [0.25, 0.3) is 0 Å². The summed E-state index contributed by atoms with van der Waals surface area (Å²) >= 11 is 0. The van der Waals surface area contributed by atoms with Crippen molar-refractivity contribution in [3.63, 3.8) is 0 Å². The number of aryl methyl sites for hydroxylation is 1. The van der Waals surface area contributed by atoms with E-state index < -0.39 is 29.7 Å². The number of carbonyl (C=O) groups is 3. The molecule has 0 aliphatic heterocycles. The number of nitrogens with zero attached hydrogens (tertiary/aromatic N) is 1. The van der Waals surface area contributed by atoms with Crippen LogP contribution in [0.4, 0.5) is 4.79 Å². The fourth-order valence-corrected chi connectivity index (χ4v) is 5.03. The molecular weight excluding hydrogens is 522 g/mol. The van der Waals surface area contributed by atoms with Crippen LogP contribution in [-0.4, -0.2) is 57.3 Å². The van der Waals surface area contributed by atoms with Gasteiger partial charge in [-0.25, -0.2) is 4.79 Å². The summed E-state index contributed by atoms with van der Waals surface area (Å²) in [5, 5.41) is 25.7. The van der Waals surface area contributed by atoms with Crippen molar-refractivity contribution in [2.75, 3.05) is 6.54 Å². The first kappa shape index (κ1) is 31.5. The van der Waals surface area contributed by atoms with Crippen molar-refractivity contribution in [2.45, 2.75) is 89.9 Å². The number of carbonyl (C=O) groups excluding carboxylic acids is 3. The van der Waals surface area contributed by atoms with Crippen molar-refractivity contribution < 1.29 is 29.3 Å². The molecule has 0 heterocycles. The molecule has 41 heavy (non-hydrogen) atoms. The van der Waals surface area contributed by atoms with Crippen LogP contribution in [0, 0.1) is 6.92 Å². The lowest BCUT2D eigenvalue weighted by Crippen LogP contribution is -2.54. The molecule has 0 saturated heterocycles. The Hall–Kier alpha value is -4.01. The number of aromatic hydroxyl groups is 2. The molecule has 1 aliphatic carbocycles. The zero-order valence-electron chi connectivity index (χ0n) is 24.5. The molecule has 222 valence electrons. The highest BCUT2D eigenvalue weighted by Gasteiger charge is 2.37. The van der Waals surface area contributed by atoms with Crippen LogP contribution in [0.2, 0.25) is 0 Å². The minimum atomic E-state index is -1.09. The summed E-state index contributed by atoms with van der Waals surface area (Å²) in [6.45, 7) is 10.8. The normalized spacial score (nSPS) is 15.3. The highest BCUT2D eigenvalue weighted by atomic mass is 16.6. The SMILES string of the molecule is C=CCN(C(=O)C(Cc1ccc(O)cc1)NC(=O)OC(C)(C)C)C(C(=O)NC1CCCCC1)c1ccc(O)c(C)c1. The van der Waals surface area contributed by atoms with Gasteiger partial charge in [0.1, 0.15) is 29.2 Å². The predicted molar refractivity (Wildman–Crippen MR) is 157 cm³/mol. The molecule has 3 amide bonds. The molecule has 2 atom stereocenters. The van der Waals surface area contributed by atoms with E-state index in [0.29, 0.717) is 16.7 Å². The maximum atomic E-state index is 14.3. The number of rotatable bonds is 10. The van der Waals surface area contributed by atoms with Crippen LogP contribution in [0.1, 0.15) is 75.6 Å². The lowest BCUT2D eigenvalue weighted by atomic mass is 9.94. The van der Waals surface area contributed by atoms with Crippen molar-refractivity contribution in [3.8, 4) is 11.5 Å². The number of benzene rings is 2. The number of hydrogen-bond donors (Lipinski definition) is 4. The van der Waals surface area contributed by atoms with Gasteiger partial charge in [-0.05, 0) is 81.5 Å². The molecule has 9 heteroatoms. The zero-order chi connectivity index (χ0) is 30.2. The molecule has 0 spiro atoms. The molecule has 2 aromatic rings. The zero-order valence-corrected chi connectivity index (χ0v) is 24.5. The largest absolute Gasteiger partial charge is 0.508 e. The van der Waals surface area contributed by atoms with Crippen molar-refractivity contribution in [1.82, 2.24) is 15.5 Å². The molecule has 0 bridgehead atoms. The Bertz CT molecular complexity index is 1210. The molecule has 9 nitrogen and oxygen atoms in total. The number of amides is 3. The Kier molecular flexibility index (Phi) is 10.8. The average Bonchev–Trinajstić information content (AvgIpc) is 2.90. The highest BCUT2D eigenvalue weighted by Crippen LogP contribution is 2.28. The molecule has 0 radical (unpaired) electrons. The lowest BCUT2D eigenvalue weighted by molar-refractivity contribution is -0.142. The molecule has 0 aromatic heterocycles. The number of nitrogens with one attached hydrogen (secondary N) is 2. The third-order valence-electron chi connectivity index (χ3n) is 7.02. The standard InChI is InChI=1S/C32H43N3O6/c1-6-18-35(28(23-14-17-27(37)21(2)19-23)29(38)33-24-10-8-7-9-11-24)30(39)26(34-31(40)41-32(3,4)5)20-22-12-15-25(36)16-13-22/h6,12-17,19,24,26,28,36-37H,1,7-11,18,20H2,2-5H3,(H,33,38)(H,34,40). The van der Waals surface area contributed by atoms with Gasteiger partial charge in [0, 0.05) is 19.0 Å². The maximum absolute atomic E-state index is 14.3. The number of alkyl carbamates (subject to hydrolysis) is 1. The minimum Gasteiger partial charge on any atom is -0.508 e. The van der Waals surface area contributed by atoms with Gasteiger partial charge in [-0.15, -0.1) is 6.58 Å². The van der Waals surface area contributed by atoms with Crippen molar-refractivity contribution >= 4 is 17.9 Å². The van der Waals surface area contributed by atoms with Gasteiger partial charge < -0.3 is 30.5 Å². The Morgan fingerprint density at radius 2 is 1.73 bits per heavy atom. The van der Waals surface area contributed by atoms with E-state index >= 15 is 0 Å². The monoisotopic (exact) mass is 565 g/mol. The summed E-state index contributed by atoms with van der Waals surface area (Å²) in [6.07, 6.45) is 5.78. The third-order valence-corrected chi connectivity index (χ3v) is 7.02. The molecule has 1 aliphatic rings. The minimum absolute atomic E-state index is 0.00493. The summed E-state index contributed by atoms with van der Waals surface area (Å²) in [4.78, 5) is 42.5. The van der Waals surface area contributed by atoms with Crippen LogP contribution in [0.5, 0.6) is 11.5 Å². The second-order valence-corrected chi connectivity index (χ2v) is 11.6. The van der Waals surface area contributed by atoms with E-state index in [2.05, 4.69) is 17.2 Å². The summed E-state index contributed by atoms with van der Waals surface area (Å²) in [7, 11) is 0. The van der Waals surface area contributed by atoms with Crippen LogP contribution in [0.25, 0.3) is 0 Å². The summed E-state index contributed by atoms with van der Waals surface area (Å²) in [6, 6.07) is 9.06. The predicted octanol–water partition coefficient (Wildman–Crippen LogP) is 5.05. The third kappa shape index (κ3) is 9.27. The molecule has 1 saturated carbocycles. The first-order chi connectivity index (χ1) is 19.4. The van der Waals surface area contributed by atoms with Crippen LogP contribution < -0.4 is 10.6 Å². The second kappa shape index (κ2) is 14.1. The van der Waals surface area contributed by atoms with Crippen LogP contribution in [-0.2, 0) is 20.7 Å². The van der Waals surface area contributed by atoms with Gasteiger partial charge in [0.2, 0.25) is 11.8 Å². The Labute approximate surface area is 242 Å². The smallest absolute Gasteiger partial charge is 0.408 e. The van der Waals surface area contributed by atoms with Crippen LogP contribution in [0.15, 0.2) is 55.1 Å². The number of ether oxygens (including phenoxy) is 1. The van der Waals surface area contributed by atoms with Gasteiger partial charge in [-0.1, -0.05) is 43.5 Å². The Balaban J connectivity index is 2.01. The molecule has 1 fully saturated rings. The molecular formula is C32H43N3O6. The van der Waals surface area contributed by atoms with Gasteiger partial charge in [-0.3, -0.25) is 9.59 Å². The number of hydrogen-bond acceptors (Lipinski definition) is 6. The van der Waals surface area contributed by atoms with Crippen LogP contribution in [0.3, 0.4) is 0 Å². The van der Waals surface area contributed by atoms with Gasteiger partial charge >= 0.3 is 6.09 Å². The highest BCUT2D eigenvalue weighted by molar-refractivity contribution is 5.92. The summed E-state index contributed by atoms with van der Waals surface area (Å²) in [5.74, 6) is -0.679. The fourth-order valence-electron chi connectivity index (χ4n) is 5.03. The maximum Gasteiger partial charge on any atom is 0.408 e. The van der Waals surface area contributed by atoms with Crippen LogP contribution >= 0.6 is 0 Å². The van der Waals surface area contributed by atoms with Crippen molar-refractivity contribution in [2.24, 2.45) is 0 Å². The summed E-state index contributed by atoms with van der Waals surface area (Å²) in [5.41, 5.74) is 1.00. The van der Waals surface area contributed by atoms with E-state index in [1.807, 2.05) is 0 Å². The van der Waals surface area contributed by atoms with E-state index in [4.69, 9.17) is 4.74 Å². The average molecular weight is 566 g/mol. The van der Waals surface area contributed by atoms with Crippen molar-refractivity contribution in [3.05, 3.63) is 71.8 Å². The summed E-state index contributed by atoms with van der Waals surface area (Å²) < 4.78 is 5.45. The molecule has 2 unspecified atom stereocenters. The first-order valence-electron chi connectivity index (χ1n) is 14.2. The van der Waals surface area contributed by atoms with E-state index in [-0.39, 0.29) is 36.4 Å². The Morgan fingerprint density at radius 1 is 1.07 bits per heavy atom. The van der Waals surface area contributed by atoms with Gasteiger partial charge in [-0.2, -0.15) is 0 Å². The topological polar surface area (TPSA) is 128 Å². The van der Waals surface area contributed by atoms with Gasteiger partial charge in [0.15, 0.2) is 0 Å². The lowest BCUT2D eigenvalue weighted by Gasteiger charge is -2.35. The first-order valence-corrected chi connectivity index (χ1v) is 14.2. The number of phenolic OH excluding ortho intramolecular Hbond substituents is 2. The van der Waals surface area contributed by atoms with E-state index in [9.17, 15) is 24.6 Å². The molecule has 3 rings (SSSR count). The van der Waals surface area contributed by atoms with Crippen molar-refractivity contribution in [1.29, 1.82) is 0 Å². The van der Waals surface area contributed by atoms with E-state index in [1.165, 1.54) is 29.2 Å². The number of phenols is 2. The quantitative estimate of drug-likeness (QED) is 0.299. The fraction of sp³-hybridized carbons (Fsp3) is 0.469. The molecule has 2 aromatic carbocycles. The second-order valence-electron chi connectivity index (χ2n) is 11.6. The Morgan fingerprint density at radius 3 is 2.32 bits per heavy atom.